The Hall–Kier alpha value is -2.91. The lowest BCUT2D eigenvalue weighted by Crippen LogP contribution is -2.25. The van der Waals surface area contributed by atoms with Crippen LogP contribution in [0.4, 0.5) is 5.69 Å². The van der Waals surface area contributed by atoms with Crippen molar-refractivity contribution in [3.05, 3.63) is 82.6 Å². The lowest BCUT2D eigenvalue weighted by atomic mass is 10.1. The number of carbonyl (C=O) groups is 1. The Bertz CT molecular complexity index is 1120. The molecule has 9 heteroatoms. The molecule has 2 aromatic carbocycles. The number of amides is 1. The first-order valence-electron chi connectivity index (χ1n) is 8.53. The van der Waals surface area contributed by atoms with E-state index in [2.05, 4.69) is 31.0 Å². The van der Waals surface area contributed by atoms with E-state index in [1.54, 1.807) is 42.7 Å². The van der Waals surface area contributed by atoms with Gasteiger partial charge in [-0.05, 0) is 57.9 Å². The van der Waals surface area contributed by atoms with Gasteiger partial charge in [-0.1, -0.05) is 18.2 Å². The Balaban J connectivity index is 1.81. The average molecular weight is 476 g/mol. The number of hydrogen-bond acceptors (Lipinski definition) is 5. The summed E-state index contributed by atoms with van der Waals surface area (Å²) in [7, 11) is -2.42. The van der Waals surface area contributed by atoms with E-state index in [9.17, 15) is 13.2 Å². The Morgan fingerprint density at radius 3 is 2.62 bits per heavy atom. The van der Waals surface area contributed by atoms with Crippen LogP contribution in [0, 0.1) is 0 Å². The first-order valence-corrected chi connectivity index (χ1v) is 10.8. The van der Waals surface area contributed by atoms with Gasteiger partial charge >= 0.3 is 0 Å². The molecule has 1 aromatic heterocycles. The van der Waals surface area contributed by atoms with Crippen molar-refractivity contribution >= 4 is 37.5 Å². The molecule has 0 radical (unpaired) electrons. The number of carbonyl (C=O) groups excluding carboxylic acids is 1. The van der Waals surface area contributed by atoms with Crippen molar-refractivity contribution in [2.45, 2.75) is 11.4 Å². The van der Waals surface area contributed by atoms with Gasteiger partial charge in [0.25, 0.3) is 15.9 Å². The largest absolute Gasteiger partial charge is 0.496 e. The van der Waals surface area contributed by atoms with Crippen LogP contribution >= 0.6 is 15.9 Å². The van der Waals surface area contributed by atoms with Crippen LogP contribution in [0.2, 0.25) is 0 Å². The maximum Gasteiger partial charge on any atom is 0.261 e. The molecule has 0 aliphatic carbocycles. The molecule has 0 spiro atoms. The fraction of sp³-hybridized carbons (Fsp3) is 0.100. The molecule has 0 aliphatic rings. The molecule has 0 aliphatic heterocycles. The summed E-state index contributed by atoms with van der Waals surface area (Å²) in [5.41, 5.74) is 1.23. The highest BCUT2D eigenvalue weighted by molar-refractivity contribution is 9.10. The second-order valence-electron chi connectivity index (χ2n) is 5.99. The number of aromatic nitrogens is 1. The van der Waals surface area contributed by atoms with Gasteiger partial charge in [-0.2, -0.15) is 0 Å². The Kier molecular flexibility index (Phi) is 6.50. The molecule has 7 nitrogen and oxygen atoms in total. The number of nitrogens with zero attached hydrogens (tertiary/aromatic N) is 1. The number of ether oxygens (including phenoxy) is 1. The van der Waals surface area contributed by atoms with Gasteiger partial charge in [-0.15, -0.1) is 0 Å². The summed E-state index contributed by atoms with van der Waals surface area (Å²) in [4.78, 5) is 16.6. The number of pyridine rings is 1. The van der Waals surface area contributed by atoms with E-state index in [1.807, 2.05) is 6.07 Å². The van der Waals surface area contributed by atoms with Gasteiger partial charge < -0.3 is 10.1 Å². The van der Waals surface area contributed by atoms with Crippen LogP contribution in [0.3, 0.4) is 0 Å². The fourth-order valence-electron chi connectivity index (χ4n) is 2.57. The van der Waals surface area contributed by atoms with Gasteiger partial charge in [0.05, 0.1) is 27.7 Å². The van der Waals surface area contributed by atoms with Crippen LogP contribution in [0.15, 0.2) is 76.4 Å². The molecule has 3 aromatic rings. The molecular weight excluding hydrogens is 458 g/mol. The summed E-state index contributed by atoms with van der Waals surface area (Å²) in [5.74, 6) is 0.113. The van der Waals surface area contributed by atoms with Crippen molar-refractivity contribution in [1.82, 2.24) is 10.3 Å². The van der Waals surface area contributed by atoms with Gasteiger partial charge in [-0.25, -0.2) is 8.42 Å². The van der Waals surface area contributed by atoms with Crippen LogP contribution in [-0.2, 0) is 16.6 Å². The van der Waals surface area contributed by atoms with E-state index in [4.69, 9.17) is 4.74 Å². The Morgan fingerprint density at radius 2 is 1.93 bits per heavy atom. The number of nitrogens with one attached hydrogen (secondary N) is 2. The highest BCUT2D eigenvalue weighted by Gasteiger charge is 2.19. The molecule has 0 bridgehead atoms. The van der Waals surface area contributed by atoms with E-state index in [0.717, 1.165) is 5.56 Å². The second-order valence-corrected chi connectivity index (χ2v) is 8.53. The maximum absolute atomic E-state index is 12.8. The second kappa shape index (κ2) is 9.06. The zero-order valence-corrected chi connectivity index (χ0v) is 17.8. The predicted octanol–water partition coefficient (Wildman–Crippen LogP) is 3.58. The zero-order valence-electron chi connectivity index (χ0n) is 15.4. The molecule has 0 atom stereocenters. The van der Waals surface area contributed by atoms with Crippen molar-refractivity contribution in [2.75, 3.05) is 11.8 Å². The SMILES string of the molecule is COc1ccc(S(=O)(=O)Nc2ccccc2C(=O)NCc2cccnc2)cc1Br. The third kappa shape index (κ3) is 5.12. The van der Waals surface area contributed by atoms with Gasteiger partial charge in [0.1, 0.15) is 5.75 Å². The molecule has 29 heavy (non-hydrogen) atoms. The van der Waals surface area contributed by atoms with Gasteiger partial charge in [0.15, 0.2) is 0 Å². The molecule has 3 rings (SSSR count). The number of sulfonamides is 1. The predicted molar refractivity (Wildman–Crippen MR) is 113 cm³/mol. The van der Waals surface area contributed by atoms with Crippen molar-refractivity contribution < 1.29 is 17.9 Å². The minimum Gasteiger partial charge on any atom is -0.496 e. The van der Waals surface area contributed by atoms with Gasteiger partial charge in [0, 0.05) is 18.9 Å². The Morgan fingerprint density at radius 1 is 1.14 bits per heavy atom. The fourth-order valence-corrected chi connectivity index (χ4v) is 4.37. The van der Waals surface area contributed by atoms with Crippen molar-refractivity contribution in [1.29, 1.82) is 0 Å². The quantitative estimate of drug-likeness (QED) is 0.544. The van der Waals surface area contributed by atoms with Crippen LogP contribution in [-0.4, -0.2) is 26.4 Å². The number of rotatable bonds is 7. The summed E-state index contributed by atoms with van der Waals surface area (Å²) >= 11 is 3.28. The van der Waals surface area contributed by atoms with Gasteiger partial charge in [-0.3, -0.25) is 14.5 Å². The molecule has 0 fully saturated rings. The lowest BCUT2D eigenvalue weighted by molar-refractivity contribution is 0.0952. The number of benzene rings is 2. The number of anilines is 1. The monoisotopic (exact) mass is 475 g/mol. The molecule has 2 N–H and O–H groups in total. The Labute approximate surface area is 177 Å². The molecule has 0 unspecified atom stereocenters. The van der Waals surface area contributed by atoms with Crippen molar-refractivity contribution in [2.24, 2.45) is 0 Å². The van der Waals surface area contributed by atoms with E-state index in [-0.39, 0.29) is 22.7 Å². The number of methoxy groups -OCH3 is 1. The number of hydrogen-bond donors (Lipinski definition) is 2. The zero-order chi connectivity index (χ0) is 20.9. The standard InChI is InChI=1S/C20H18BrN3O4S/c1-28-19-9-8-15(11-17(19)21)29(26,27)24-18-7-3-2-6-16(18)20(25)23-13-14-5-4-10-22-12-14/h2-12,24H,13H2,1H3,(H,23,25). The van der Waals surface area contributed by atoms with Crippen LogP contribution in [0.25, 0.3) is 0 Å². The van der Waals surface area contributed by atoms with Crippen LogP contribution in [0.5, 0.6) is 5.75 Å². The maximum atomic E-state index is 12.8. The number of halogens is 1. The van der Waals surface area contributed by atoms with Gasteiger partial charge in [0.2, 0.25) is 0 Å². The van der Waals surface area contributed by atoms with E-state index in [1.165, 1.54) is 25.3 Å². The highest BCUT2D eigenvalue weighted by Crippen LogP contribution is 2.28. The summed E-state index contributed by atoms with van der Waals surface area (Å²) < 4.78 is 33.7. The minimum absolute atomic E-state index is 0.0377. The summed E-state index contributed by atoms with van der Waals surface area (Å²) in [6.07, 6.45) is 3.29. The molecule has 0 saturated carbocycles. The lowest BCUT2D eigenvalue weighted by Gasteiger charge is -2.13. The molecular formula is C20H18BrN3O4S. The van der Waals surface area contributed by atoms with Crippen LogP contribution < -0.4 is 14.8 Å². The molecule has 0 saturated heterocycles. The first-order chi connectivity index (χ1) is 13.9. The summed E-state index contributed by atoms with van der Waals surface area (Å²) in [5, 5.41) is 2.77. The topological polar surface area (TPSA) is 97.4 Å². The smallest absolute Gasteiger partial charge is 0.261 e. The van der Waals surface area contributed by atoms with E-state index in [0.29, 0.717) is 10.2 Å². The highest BCUT2D eigenvalue weighted by atomic mass is 79.9. The molecule has 1 heterocycles. The summed E-state index contributed by atoms with van der Waals surface area (Å²) in [6.45, 7) is 0.277. The van der Waals surface area contributed by atoms with E-state index >= 15 is 0 Å². The van der Waals surface area contributed by atoms with Crippen molar-refractivity contribution in [3.8, 4) is 5.75 Å². The average Bonchev–Trinajstić information content (AvgIpc) is 2.73. The molecule has 150 valence electrons. The third-order valence-corrected chi connectivity index (χ3v) is 6.01. The summed E-state index contributed by atoms with van der Waals surface area (Å²) in [6, 6.07) is 14.4. The number of para-hydroxylation sites is 1. The van der Waals surface area contributed by atoms with Crippen LogP contribution in [0.1, 0.15) is 15.9 Å². The molecule has 1 amide bonds. The minimum atomic E-state index is -3.91. The third-order valence-electron chi connectivity index (χ3n) is 4.03. The van der Waals surface area contributed by atoms with Crippen molar-refractivity contribution in [3.63, 3.8) is 0 Å². The normalized spacial score (nSPS) is 11.0. The van der Waals surface area contributed by atoms with E-state index < -0.39 is 15.9 Å². The first kappa shape index (κ1) is 20.8.